The van der Waals surface area contributed by atoms with Gasteiger partial charge in [-0.3, -0.25) is 14.8 Å². The summed E-state index contributed by atoms with van der Waals surface area (Å²) in [6.45, 7) is 3.41. The van der Waals surface area contributed by atoms with Crippen LogP contribution in [0.2, 0.25) is 0 Å². The summed E-state index contributed by atoms with van der Waals surface area (Å²) >= 11 is 0. The maximum absolute atomic E-state index is 12.5. The van der Waals surface area contributed by atoms with E-state index in [1.165, 1.54) is 0 Å². The Morgan fingerprint density at radius 2 is 2.20 bits per heavy atom. The first-order valence-corrected chi connectivity index (χ1v) is 8.24. The second kappa shape index (κ2) is 7.74. The summed E-state index contributed by atoms with van der Waals surface area (Å²) in [4.78, 5) is 34.4. The van der Waals surface area contributed by atoms with E-state index in [-0.39, 0.29) is 12.0 Å². The first-order chi connectivity index (χ1) is 12.2. The number of rotatable bonds is 4. The minimum atomic E-state index is -0.335. The lowest BCUT2D eigenvalue weighted by Gasteiger charge is -2.28. The van der Waals surface area contributed by atoms with Crippen molar-refractivity contribution in [1.29, 1.82) is 0 Å². The molecule has 0 spiro atoms. The molecule has 2 aromatic rings. The van der Waals surface area contributed by atoms with Crippen LogP contribution in [0.3, 0.4) is 0 Å². The second-order valence-corrected chi connectivity index (χ2v) is 5.70. The van der Waals surface area contributed by atoms with Gasteiger partial charge >= 0.3 is 6.09 Å². The van der Waals surface area contributed by atoms with Gasteiger partial charge in [-0.15, -0.1) is 0 Å². The number of pyridine rings is 2. The molecule has 1 aliphatic heterocycles. The van der Waals surface area contributed by atoms with Gasteiger partial charge in [0.2, 0.25) is 0 Å². The van der Waals surface area contributed by atoms with Crippen molar-refractivity contribution in [2.24, 2.45) is 0 Å². The third-order valence-corrected chi connectivity index (χ3v) is 4.07. The van der Waals surface area contributed by atoms with Crippen LogP contribution in [0.25, 0.3) is 0 Å². The van der Waals surface area contributed by atoms with E-state index in [1.807, 2.05) is 18.2 Å². The highest BCUT2D eigenvalue weighted by atomic mass is 16.6. The highest BCUT2D eigenvalue weighted by Gasteiger charge is 2.25. The fourth-order valence-corrected chi connectivity index (χ4v) is 2.83. The molecular formula is C18H20N4O3. The number of fused-ring (bicyclic) bond motifs is 1. The summed E-state index contributed by atoms with van der Waals surface area (Å²) in [7, 11) is 0. The molecule has 3 rings (SSSR count). The number of carbonyl (C=O) groups is 2. The Morgan fingerprint density at radius 1 is 1.32 bits per heavy atom. The van der Waals surface area contributed by atoms with Crippen LogP contribution in [-0.2, 0) is 24.2 Å². The maximum atomic E-state index is 12.5. The zero-order valence-electron chi connectivity index (χ0n) is 14.1. The average molecular weight is 340 g/mol. The molecule has 0 radical (unpaired) electrons. The van der Waals surface area contributed by atoms with Crippen molar-refractivity contribution in [3.63, 3.8) is 0 Å². The highest BCUT2D eigenvalue weighted by molar-refractivity contribution is 5.95. The minimum Gasteiger partial charge on any atom is -0.450 e. The van der Waals surface area contributed by atoms with Crippen molar-refractivity contribution in [2.45, 2.75) is 26.4 Å². The molecule has 25 heavy (non-hydrogen) atoms. The Morgan fingerprint density at radius 3 is 2.96 bits per heavy atom. The van der Waals surface area contributed by atoms with E-state index in [0.29, 0.717) is 38.2 Å². The Hall–Kier alpha value is -2.96. The fourth-order valence-electron chi connectivity index (χ4n) is 2.83. The maximum Gasteiger partial charge on any atom is 0.410 e. The van der Waals surface area contributed by atoms with Crippen molar-refractivity contribution in [3.8, 4) is 0 Å². The number of hydrogen-bond donors (Lipinski definition) is 1. The smallest absolute Gasteiger partial charge is 0.410 e. The summed E-state index contributed by atoms with van der Waals surface area (Å²) in [6, 6.07) is 5.57. The molecule has 7 heteroatoms. The molecule has 0 unspecified atom stereocenters. The van der Waals surface area contributed by atoms with Crippen LogP contribution in [-0.4, -0.2) is 40.0 Å². The Kier molecular flexibility index (Phi) is 5.23. The molecule has 0 aromatic carbocycles. The molecule has 2 aromatic heterocycles. The van der Waals surface area contributed by atoms with E-state index in [2.05, 4.69) is 15.3 Å². The summed E-state index contributed by atoms with van der Waals surface area (Å²) in [6.07, 6.45) is 5.24. The largest absolute Gasteiger partial charge is 0.450 e. The zero-order valence-corrected chi connectivity index (χ0v) is 14.1. The van der Waals surface area contributed by atoms with E-state index in [0.717, 1.165) is 16.8 Å². The highest BCUT2D eigenvalue weighted by Crippen LogP contribution is 2.22. The first-order valence-electron chi connectivity index (χ1n) is 8.24. The molecule has 1 N–H and O–H groups in total. The van der Waals surface area contributed by atoms with Gasteiger partial charge in [0.05, 0.1) is 31.0 Å². The Bertz CT molecular complexity index is 764. The standard InChI is InChI=1S/C18H20N4O3/c1-2-25-18(24)22-8-6-15-13(12-22)9-19-11-16(15)17(23)21-10-14-5-3-4-7-20-14/h3-5,7,9,11H,2,6,8,10,12H2,1H3,(H,21,23). The van der Waals surface area contributed by atoms with Gasteiger partial charge < -0.3 is 15.0 Å². The number of nitrogens with zero attached hydrogens (tertiary/aromatic N) is 3. The topological polar surface area (TPSA) is 84.4 Å². The number of carbonyl (C=O) groups excluding carboxylic acids is 2. The fraction of sp³-hybridized carbons (Fsp3) is 0.333. The van der Waals surface area contributed by atoms with Gasteiger partial charge in [0.15, 0.2) is 0 Å². The van der Waals surface area contributed by atoms with Crippen molar-refractivity contribution < 1.29 is 14.3 Å². The zero-order chi connectivity index (χ0) is 17.6. The number of amides is 2. The van der Waals surface area contributed by atoms with Gasteiger partial charge in [0, 0.05) is 25.1 Å². The Balaban J connectivity index is 1.71. The number of nitrogens with one attached hydrogen (secondary N) is 1. The van der Waals surface area contributed by atoms with E-state index >= 15 is 0 Å². The van der Waals surface area contributed by atoms with Gasteiger partial charge in [-0.2, -0.15) is 0 Å². The monoisotopic (exact) mass is 340 g/mol. The van der Waals surface area contributed by atoms with Crippen LogP contribution in [0.15, 0.2) is 36.8 Å². The quantitative estimate of drug-likeness (QED) is 0.919. The molecule has 2 amide bonds. The predicted octanol–water partition coefficient (Wildman–Crippen LogP) is 1.92. The molecule has 0 atom stereocenters. The van der Waals surface area contributed by atoms with Gasteiger partial charge in [-0.1, -0.05) is 6.07 Å². The van der Waals surface area contributed by atoms with Crippen LogP contribution >= 0.6 is 0 Å². The third kappa shape index (κ3) is 3.93. The van der Waals surface area contributed by atoms with Gasteiger partial charge in [-0.25, -0.2) is 4.79 Å². The van der Waals surface area contributed by atoms with E-state index < -0.39 is 0 Å². The Labute approximate surface area is 146 Å². The predicted molar refractivity (Wildman–Crippen MR) is 90.8 cm³/mol. The molecule has 0 saturated heterocycles. The second-order valence-electron chi connectivity index (χ2n) is 5.70. The minimum absolute atomic E-state index is 0.181. The molecule has 1 aliphatic rings. The number of aromatic nitrogens is 2. The van der Waals surface area contributed by atoms with Crippen molar-refractivity contribution in [3.05, 3.63) is 59.2 Å². The van der Waals surface area contributed by atoms with Crippen molar-refractivity contribution >= 4 is 12.0 Å². The molecule has 0 aliphatic carbocycles. The van der Waals surface area contributed by atoms with Crippen molar-refractivity contribution in [2.75, 3.05) is 13.2 Å². The van der Waals surface area contributed by atoms with Crippen LogP contribution in [0.1, 0.15) is 34.1 Å². The molecule has 0 fully saturated rings. The first kappa shape index (κ1) is 16.9. The molecule has 3 heterocycles. The van der Waals surface area contributed by atoms with E-state index in [1.54, 1.807) is 30.4 Å². The van der Waals surface area contributed by atoms with Crippen LogP contribution in [0.5, 0.6) is 0 Å². The normalized spacial score (nSPS) is 13.1. The van der Waals surface area contributed by atoms with Crippen LogP contribution in [0, 0.1) is 0 Å². The van der Waals surface area contributed by atoms with Crippen molar-refractivity contribution in [1.82, 2.24) is 20.2 Å². The summed E-state index contributed by atoms with van der Waals surface area (Å²) < 4.78 is 5.04. The molecule has 7 nitrogen and oxygen atoms in total. The van der Waals surface area contributed by atoms with Crippen LogP contribution in [0.4, 0.5) is 4.79 Å². The lowest BCUT2D eigenvalue weighted by Crippen LogP contribution is -2.37. The third-order valence-electron chi connectivity index (χ3n) is 4.07. The summed E-state index contributed by atoms with van der Waals surface area (Å²) in [5, 5.41) is 2.87. The summed E-state index contributed by atoms with van der Waals surface area (Å²) in [5.41, 5.74) is 3.16. The van der Waals surface area contributed by atoms with Gasteiger partial charge in [-0.05, 0) is 36.6 Å². The SMILES string of the molecule is CCOC(=O)N1CCc2c(cncc2C(=O)NCc2ccccn2)C1. The summed E-state index contributed by atoms with van der Waals surface area (Å²) in [5.74, 6) is -0.181. The van der Waals surface area contributed by atoms with Gasteiger partial charge in [0.1, 0.15) is 0 Å². The van der Waals surface area contributed by atoms with Crippen LogP contribution < -0.4 is 5.32 Å². The van der Waals surface area contributed by atoms with Gasteiger partial charge in [0.25, 0.3) is 5.91 Å². The molecule has 130 valence electrons. The molecule has 0 bridgehead atoms. The number of hydrogen-bond acceptors (Lipinski definition) is 5. The average Bonchev–Trinajstić information content (AvgIpc) is 2.66. The molecule has 0 saturated carbocycles. The molecular weight excluding hydrogens is 320 g/mol. The lowest BCUT2D eigenvalue weighted by molar-refractivity contribution is 0.0946. The van der Waals surface area contributed by atoms with E-state index in [4.69, 9.17) is 4.74 Å². The van der Waals surface area contributed by atoms with E-state index in [9.17, 15) is 9.59 Å². The lowest BCUT2D eigenvalue weighted by atomic mass is 9.97. The number of ether oxygens (including phenoxy) is 1.